The number of hydrogen-bond acceptors (Lipinski definition) is 10. The van der Waals surface area contributed by atoms with Crippen LogP contribution in [0.4, 0.5) is 5.13 Å². The van der Waals surface area contributed by atoms with Gasteiger partial charge in [0.1, 0.15) is 16.4 Å². The van der Waals surface area contributed by atoms with E-state index in [0.29, 0.717) is 47.3 Å². The minimum absolute atomic E-state index is 0.110. The Balaban J connectivity index is 1.90. The first kappa shape index (κ1) is 29.6. The lowest BCUT2D eigenvalue weighted by Crippen LogP contribution is -2.29. The summed E-state index contributed by atoms with van der Waals surface area (Å²) in [5.41, 5.74) is 0.984. The normalized spacial score (nSPS) is 16.1. The molecule has 3 aromatic rings. The number of ether oxygens (including phenoxy) is 4. The Hall–Kier alpha value is -4.38. The average molecular weight is 581 g/mol. The first-order valence-electron chi connectivity index (χ1n) is 13.2. The summed E-state index contributed by atoms with van der Waals surface area (Å²) < 4.78 is 21.8. The molecule has 2 aromatic carbocycles. The average Bonchev–Trinajstić information content (AvgIpc) is 3.49. The molecule has 2 heterocycles. The van der Waals surface area contributed by atoms with Crippen LogP contribution in [0.15, 0.2) is 48.0 Å². The van der Waals surface area contributed by atoms with E-state index in [9.17, 15) is 19.5 Å². The Kier molecular flexibility index (Phi) is 9.28. The Morgan fingerprint density at radius 3 is 2.54 bits per heavy atom. The van der Waals surface area contributed by atoms with Crippen LogP contribution in [0.3, 0.4) is 0 Å². The molecule has 0 spiro atoms. The molecule has 0 saturated carbocycles. The molecule has 1 unspecified atom stereocenters. The predicted molar refractivity (Wildman–Crippen MR) is 154 cm³/mol. The van der Waals surface area contributed by atoms with Crippen molar-refractivity contribution in [1.29, 1.82) is 0 Å². The van der Waals surface area contributed by atoms with Gasteiger partial charge in [0.25, 0.3) is 5.78 Å². The third-order valence-corrected chi connectivity index (χ3v) is 7.62. The number of methoxy groups -OCH3 is 2. The fraction of sp³-hybridized carbons (Fsp3) is 0.333. The van der Waals surface area contributed by atoms with Crippen LogP contribution in [0.1, 0.15) is 59.2 Å². The number of aliphatic hydroxyl groups excluding tert-OH is 1. The van der Waals surface area contributed by atoms with E-state index in [1.807, 2.05) is 6.92 Å². The fourth-order valence-electron chi connectivity index (χ4n) is 4.46. The highest BCUT2D eigenvalue weighted by Crippen LogP contribution is 2.45. The van der Waals surface area contributed by atoms with E-state index in [-0.39, 0.29) is 21.3 Å². The van der Waals surface area contributed by atoms with Crippen LogP contribution in [-0.4, -0.2) is 55.2 Å². The van der Waals surface area contributed by atoms with E-state index in [1.54, 1.807) is 49.4 Å². The van der Waals surface area contributed by atoms with E-state index < -0.39 is 23.7 Å². The van der Waals surface area contributed by atoms with E-state index in [0.717, 1.165) is 24.2 Å². The highest BCUT2D eigenvalue weighted by Gasteiger charge is 2.48. The monoisotopic (exact) mass is 580 g/mol. The zero-order chi connectivity index (χ0) is 29.7. The number of amides is 1. The largest absolute Gasteiger partial charge is 0.507 e. The van der Waals surface area contributed by atoms with Gasteiger partial charge in [0, 0.05) is 5.56 Å². The van der Waals surface area contributed by atoms with Crippen LogP contribution in [-0.2, 0) is 14.3 Å². The van der Waals surface area contributed by atoms with Crippen LogP contribution >= 0.6 is 11.3 Å². The van der Waals surface area contributed by atoms with Crippen molar-refractivity contribution >= 4 is 39.9 Å². The Morgan fingerprint density at radius 2 is 1.85 bits per heavy atom. The van der Waals surface area contributed by atoms with Crippen LogP contribution in [0.2, 0.25) is 0 Å². The van der Waals surface area contributed by atoms with Gasteiger partial charge in [-0.15, -0.1) is 0 Å². The lowest BCUT2D eigenvalue weighted by Gasteiger charge is -2.24. The van der Waals surface area contributed by atoms with Crippen molar-refractivity contribution in [1.82, 2.24) is 4.98 Å². The number of anilines is 1. The van der Waals surface area contributed by atoms with Gasteiger partial charge in [0.15, 0.2) is 16.6 Å². The summed E-state index contributed by atoms with van der Waals surface area (Å²) in [7, 11) is 2.73. The standard InChI is InChI=1S/C30H32N2O8S/c1-6-8-14-40-20-11-9-10-19(15-20)25(33)23-24(18-12-13-21(39-7-2)22(16-18)37-4)32(28(35)26(23)34)30-31-17(3)27(41-30)29(36)38-5/h9-13,15-16,24,33H,6-8,14H2,1-5H3. The van der Waals surface area contributed by atoms with Crippen molar-refractivity contribution in [2.45, 2.75) is 39.7 Å². The summed E-state index contributed by atoms with van der Waals surface area (Å²) in [5.74, 6) is -1.39. The van der Waals surface area contributed by atoms with Crippen molar-refractivity contribution in [2.75, 3.05) is 32.3 Å². The van der Waals surface area contributed by atoms with Crippen LogP contribution in [0, 0.1) is 6.92 Å². The fourth-order valence-corrected chi connectivity index (χ4v) is 5.48. The smallest absolute Gasteiger partial charge is 0.350 e. The molecule has 1 aromatic heterocycles. The molecule has 4 rings (SSSR count). The number of rotatable bonds is 11. The number of thiazole rings is 1. The minimum Gasteiger partial charge on any atom is -0.507 e. The SMILES string of the molecule is CCCCOc1cccc(C(O)=C2C(=O)C(=O)N(c3nc(C)c(C(=O)OC)s3)C2c2ccc(OCC)c(OC)c2)c1. The van der Waals surface area contributed by atoms with Crippen LogP contribution in [0.25, 0.3) is 5.76 Å². The zero-order valence-corrected chi connectivity index (χ0v) is 24.4. The summed E-state index contributed by atoms with van der Waals surface area (Å²) in [6, 6.07) is 10.6. The van der Waals surface area contributed by atoms with Crippen molar-refractivity contribution in [2.24, 2.45) is 0 Å². The minimum atomic E-state index is -1.08. The van der Waals surface area contributed by atoms with Crippen molar-refractivity contribution in [3.05, 3.63) is 69.7 Å². The van der Waals surface area contributed by atoms with Gasteiger partial charge >= 0.3 is 11.9 Å². The number of hydrogen-bond donors (Lipinski definition) is 1. The molecule has 1 fully saturated rings. The van der Waals surface area contributed by atoms with Gasteiger partial charge in [-0.1, -0.05) is 42.9 Å². The van der Waals surface area contributed by atoms with Crippen LogP contribution < -0.4 is 19.1 Å². The number of aryl methyl sites for hydroxylation is 1. The number of benzene rings is 2. The highest BCUT2D eigenvalue weighted by molar-refractivity contribution is 7.17. The molecule has 216 valence electrons. The molecule has 41 heavy (non-hydrogen) atoms. The van der Waals surface area contributed by atoms with E-state index in [4.69, 9.17) is 18.9 Å². The van der Waals surface area contributed by atoms with E-state index >= 15 is 0 Å². The number of Topliss-reactive ketones (excluding diaryl/α,β-unsaturated/α-hetero) is 1. The first-order valence-corrected chi connectivity index (χ1v) is 14.0. The van der Waals surface area contributed by atoms with Gasteiger partial charge in [-0.2, -0.15) is 0 Å². The molecule has 1 aliphatic heterocycles. The van der Waals surface area contributed by atoms with Crippen LogP contribution in [0.5, 0.6) is 17.2 Å². The quantitative estimate of drug-likeness (QED) is 0.104. The number of unbranched alkanes of at least 4 members (excludes halogenated alkanes) is 1. The molecule has 11 heteroatoms. The lowest BCUT2D eigenvalue weighted by molar-refractivity contribution is -0.132. The van der Waals surface area contributed by atoms with Gasteiger partial charge in [-0.05, 0) is 50.1 Å². The molecule has 10 nitrogen and oxygen atoms in total. The molecule has 1 atom stereocenters. The zero-order valence-electron chi connectivity index (χ0n) is 23.6. The van der Waals surface area contributed by atoms with Gasteiger partial charge in [0.2, 0.25) is 0 Å². The number of aliphatic hydroxyl groups is 1. The Morgan fingerprint density at radius 1 is 1.07 bits per heavy atom. The highest BCUT2D eigenvalue weighted by atomic mass is 32.1. The maximum Gasteiger partial charge on any atom is 0.350 e. The maximum absolute atomic E-state index is 13.6. The predicted octanol–water partition coefficient (Wildman–Crippen LogP) is 5.45. The number of aromatic nitrogens is 1. The van der Waals surface area contributed by atoms with Gasteiger partial charge in [0.05, 0.1) is 44.7 Å². The summed E-state index contributed by atoms with van der Waals surface area (Å²) in [4.78, 5) is 45.3. The summed E-state index contributed by atoms with van der Waals surface area (Å²) in [6.45, 7) is 6.41. The number of esters is 1. The molecular formula is C30H32N2O8S. The summed E-state index contributed by atoms with van der Waals surface area (Å²) >= 11 is 0.925. The lowest BCUT2D eigenvalue weighted by atomic mass is 9.95. The molecule has 0 bridgehead atoms. The maximum atomic E-state index is 13.6. The number of carbonyl (C=O) groups is 3. The second-order valence-electron chi connectivity index (χ2n) is 9.14. The van der Waals surface area contributed by atoms with Crippen molar-refractivity contribution < 1.29 is 38.4 Å². The third-order valence-electron chi connectivity index (χ3n) is 6.48. The molecule has 1 saturated heterocycles. The van der Waals surface area contributed by atoms with E-state index in [1.165, 1.54) is 19.1 Å². The second-order valence-corrected chi connectivity index (χ2v) is 10.1. The molecule has 0 radical (unpaired) electrons. The topological polar surface area (TPSA) is 124 Å². The molecule has 1 N–H and O–H groups in total. The third kappa shape index (κ3) is 5.90. The van der Waals surface area contributed by atoms with Gasteiger partial charge < -0.3 is 24.1 Å². The number of ketones is 1. The van der Waals surface area contributed by atoms with Crippen molar-refractivity contribution in [3.8, 4) is 17.2 Å². The second kappa shape index (κ2) is 12.9. The van der Waals surface area contributed by atoms with Gasteiger partial charge in [-0.3, -0.25) is 14.5 Å². The molecular weight excluding hydrogens is 548 g/mol. The van der Waals surface area contributed by atoms with Crippen molar-refractivity contribution in [3.63, 3.8) is 0 Å². The summed E-state index contributed by atoms with van der Waals surface area (Å²) in [5, 5.41) is 11.6. The number of carbonyl (C=O) groups excluding carboxylic acids is 3. The Bertz CT molecular complexity index is 1500. The van der Waals surface area contributed by atoms with E-state index in [2.05, 4.69) is 11.9 Å². The molecule has 0 aliphatic carbocycles. The molecule has 1 aliphatic rings. The molecule has 1 amide bonds. The summed E-state index contributed by atoms with van der Waals surface area (Å²) in [6.07, 6.45) is 1.82. The van der Waals surface area contributed by atoms with Gasteiger partial charge in [-0.25, -0.2) is 9.78 Å². The Labute approximate surface area is 242 Å². The number of nitrogens with zero attached hydrogens (tertiary/aromatic N) is 2. The first-order chi connectivity index (χ1) is 19.7.